The largest absolute Gasteiger partial charge is 0.354 e. The third-order valence-electron chi connectivity index (χ3n) is 3.34. The lowest BCUT2D eigenvalue weighted by Gasteiger charge is -2.23. The van der Waals surface area contributed by atoms with Crippen LogP contribution in [0.3, 0.4) is 0 Å². The Kier molecular flexibility index (Phi) is 8.71. The molecule has 1 aliphatic rings. The predicted molar refractivity (Wildman–Crippen MR) is 95.4 cm³/mol. The number of nitrogens with one attached hydrogen (secondary N) is 2. The molecule has 118 valence electrons. The Morgan fingerprint density at radius 1 is 1.43 bits per heavy atom. The molecule has 2 atom stereocenters. The molecule has 0 radical (unpaired) electrons. The van der Waals surface area contributed by atoms with E-state index in [1.165, 1.54) is 11.3 Å². The summed E-state index contributed by atoms with van der Waals surface area (Å²) in [6.07, 6.45) is 3.29. The van der Waals surface area contributed by atoms with Gasteiger partial charge in [-0.25, -0.2) is 0 Å². The molecular weight excluding hydrogens is 372 g/mol. The minimum Gasteiger partial charge on any atom is -0.354 e. The fraction of sp³-hybridized carbons (Fsp3) is 0.533. The summed E-state index contributed by atoms with van der Waals surface area (Å²) in [7, 11) is 0. The maximum absolute atomic E-state index is 12.0. The fourth-order valence-electron chi connectivity index (χ4n) is 2.23. The van der Waals surface area contributed by atoms with Gasteiger partial charge in [-0.05, 0) is 43.7 Å². The lowest BCUT2D eigenvalue weighted by atomic mass is 10.0. The first-order chi connectivity index (χ1) is 9.65. The van der Waals surface area contributed by atoms with Gasteiger partial charge in [-0.1, -0.05) is 29.3 Å². The van der Waals surface area contributed by atoms with Crippen molar-refractivity contribution in [2.24, 2.45) is 0 Å². The summed E-state index contributed by atoms with van der Waals surface area (Å²) in [5.74, 6) is 0.146. The predicted octanol–water partition coefficient (Wildman–Crippen LogP) is 3.61. The van der Waals surface area contributed by atoms with Crippen LogP contribution < -0.4 is 10.6 Å². The summed E-state index contributed by atoms with van der Waals surface area (Å²) in [6, 6.07) is 8.28. The van der Waals surface area contributed by atoms with E-state index in [9.17, 15) is 4.79 Å². The number of halogens is 2. The van der Waals surface area contributed by atoms with Crippen LogP contribution in [0, 0.1) is 0 Å². The topological polar surface area (TPSA) is 41.1 Å². The Morgan fingerprint density at radius 3 is 2.76 bits per heavy atom. The van der Waals surface area contributed by atoms with E-state index >= 15 is 0 Å². The van der Waals surface area contributed by atoms with E-state index in [1.54, 1.807) is 11.8 Å². The number of amides is 1. The molecule has 1 saturated heterocycles. The van der Waals surface area contributed by atoms with Gasteiger partial charge in [0.1, 0.15) is 0 Å². The van der Waals surface area contributed by atoms with Crippen LogP contribution in [0.25, 0.3) is 0 Å². The van der Waals surface area contributed by atoms with E-state index in [4.69, 9.17) is 0 Å². The zero-order valence-corrected chi connectivity index (χ0v) is 15.3. The molecule has 0 bridgehead atoms. The van der Waals surface area contributed by atoms with Crippen LogP contribution in [0.5, 0.6) is 0 Å². The van der Waals surface area contributed by atoms with Gasteiger partial charge in [-0.3, -0.25) is 4.79 Å². The van der Waals surface area contributed by atoms with E-state index in [0.29, 0.717) is 11.8 Å². The summed E-state index contributed by atoms with van der Waals surface area (Å²) in [6.45, 7) is 3.81. The maximum atomic E-state index is 12.0. The molecule has 21 heavy (non-hydrogen) atoms. The molecule has 1 amide bonds. The third kappa shape index (κ3) is 6.59. The van der Waals surface area contributed by atoms with Gasteiger partial charge in [-0.2, -0.15) is 0 Å². The Balaban J connectivity index is 0.00000220. The molecule has 2 unspecified atom stereocenters. The van der Waals surface area contributed by atoms with Crippen LogP contribution in [0.4, 0.5) is 0 Å². The van der Waals surface area contributed by atoms with Crippen LogP contribution in [0.1, 0.15) is 26.2 Å². The summed E-state index contributed by atoms with van der Waals surface area (Å²) in [5, 5.41) is 6.69. The molecule has 0 saturated carbocycles. The van der Waals surface area contributed by atoms with E-state index in [2.05, 4.69) is 45.6 Å². The van der Waals surface area contributed by atoms with Gasteiger partial charge in [0.2, 0.25) is 5.91 Å². The van der Waals surface area contributed by atoms with Gasteiger partial charge in [0.15, 0.2) is 0 Å². The monoisotopic (exact) mass is 392 g/mol. The standard InChI is InChI=1S/C15H21BrN2OS.ClH/c1-11(20-13-7-5-12(16)6-8-13)10-18-15(19)14-4-2-3-9-17-14;/h5-8,11,14,17H,2-4,9-10H2,1H3,(H,18,19);1H. The molecule has 1 fully saturated rings. The van der Waals surface area contributed by atoms with Crippen molar-refractivity contribution in [3.63, 3.8) is 0 Å². The smallest absolute Gasteiger partial charge is 0.237 e. The number of benzene rings is 1. The number of hydrogen-bond donors (Lipinski definition) is 2. The highest BCUT2D eigenvalue weighted by Gasteiger charge is 2.20. The zero-order valence-electron chi connectivity index (χ0n) is 12.1. The number of carbonyl (C=O) groups is 1. The molecule has 1 aromatic rings. The van der Waals surface area contributed by atoms with Gasteiger partial charge in [0.05, 0.1) is 6.04 Å². The van der Waals surface area contributed by atoms with Gasteiger partial charge in [0, 0.05) is 21.2 Å². The molecule has 1 heterocycles. The molecule has 2 N–H and O–H groups in total. The van der Waals surface area contributed by atoms with Crippen LogP contribution in [-0.4, -0.2) is 30.3 Å². The Morgan fingerprint density at radius 2 is 2.14 bits per heavy atom. The summed E-state index contributed by atoms with van der Waals surface area (Å²) in [5.41, 5.74) is 0. The lowest BCUT2D eigenvalue weighted by Crippen LogP contribution is -2.47. The number of piperidine rings is 1. The molecular formula is C15H22BrClN2OS. The second kappa shape index (κ2) is 9.72. The van der Waals surface area contributed by atoms with Crippen LogP contribution in [0.2, 0.25) is 0 Å². The normalized spacial score (nSPS) is 19.4. The van der Waals surface area contributed by atoms with Crippen molar-refractivity contribution in [2.45, 2.75) is 42.4 Å². The average Bonchev–Trinajstić information content (AvgIpc) is 2.48. The molecule has 1 aliphatic heterocycles. The number of hydrogen-bond acceptors (Lipinski definition) is 3. The first-order valence-corrected chi connectivity index (χ1v) is 8.76. The van der Waals surface area contributed by atoms with E-state index in [1.807, 2.05) is 12.1 Å². The molecule has 0 spiro atoms. The van der Waals surface area contributed by atoms with Crippen molar-refractivity contribution >= 4 is 46.0 Å². The summed E-state index contributed by atoms with van der Waals surface area (Å²) >= 11 is 5.22. The Hall–Kier alpha value is -0.230. The highest BCUT2D eigenvalue weighted by Crippen LogP contribution is 2.24. The van der Waals surface area contributed by atoms with E-state index in [-0.39, 0.29) is 24.4 Å². The number of carbonyl (C=O) groups excluding carboxylic acids is 1. The van der Waals surface area contributed by atoms with Gasteiger partial charge < -0.3 is 10.6 Å². The average molecular weight is 394 g/mol. The third-order valence-corrected chi connectivity index (χ3v) is 4.98. The fourth-order valence-corrected chi connectivity index (χ4v) is 3.42. The Labute approximate surface area is 145 Å². The van der Waals surface area contributed by atoms with E-state index in [0.717, 1.165) is 23.9 Å². The summed E-state index contributed by atoms with van der Waals surface area (Å²) < 4.78 is 1.09. The van der Waals surface area contributed by atoms with Gasteiger partial charge in [-0.15, -0.1) is 24.2 Å². The van der Waals surface area contributed by atoms with Crippen molar-refractivity contribution in [3.05, 3.63) is 28.7 Å². The highest BCUT2D eigenvalue weighted by atomic mass is 79.9. The molecule has 2 rings (SSSR count). The Bertz CT molecular complexity index is 438. The second-order valence-corrected chi connectivity index (χ2v) is 7.56. The van der Waals surface area contributed by atoms with Crippen molar-refractivity contribution in [1.29, 1.82) is 0 Å². The number of rotatable bonds is 5. The highest BCUT2D eigenvalue weighted by molar-refractivity contribution is 9.10. The molecule has 1 aromatic carbocycles. The minimum atomic E-state index is 0. The minimum absolute atomic E-state index is 0. The SMILES string of the molecule is CC(CNC(=O)C1CCCCN1)Sc1ccc(Br)cc1.Cl. The summed E-state index contributed by atoms with van der Waals surface area (Å²) in [4.78, 5) is 13.2. The number of thioether (sulfide) groups is 1. The quantitative estimate of drug-likeness (QED) is 0.751. The van der Waals surface area contributed by atoms with Crippen molar-refractivity contribution in [3.8, 4) is 0 Å². The van der Waals surface area contributed by atoms with E-state index < -0.39 is 0 Å². The van der Waals surface area contributed by atoms with Crippen LogP contribution in [0.15, 0.2) is 33.6 Å². The molecule has 0 aliphatic carbocycles. The van der Waals surface area contributed by atoms with Crippen LogP contribution >= 0.6 is 40.1 Å². The molecule has 0 aromatic heterocycles. The van der Waals surface area contributed by atoms with Gasteiger partial charge >= 0.3 is 0 Å². The lowest BCUT2D eigenvalue weighted by molar-refractivity contribution is -0.123. The second-order valence-electron chi connectivity index (χ2n) is 5.13. The van der Waals surface area contributed by atoms with Gasteiger partial charge in [0.25, 0.3) is 0 Å². The molecule has 6 heteroatoms. The first-order valence-electron chi connectivity index (χ1n) is 7.08. The molecule has 3 nitrogen and oxygen atoms in total. The maximum Gasteiger partial charge on any atom is 0.237 e. The van der Waals surface area contributed by atoms with Crippen molar-refractivity contribution in [1.82, 2.24) is 10.6 Å². The van der Waals surface area contributed by atoms with Crippen LogP contribution in [-0.2, 0) is 4.79 Å². The first kappa shape index (κ1) is 18.8. The van der Waals surface area contributed by atoms with Crippen molar-refractivity contribution < 1.29 is 4.79 Å². The van der Waals surface area contributed by atoms with Crippen molar-refractivity contribution in [2.75, 3.05) is 13.1 Å². The zero-order chi connectivity index (χ0) is 14.4.